The number of benzene rings is 1. The van der Waals surface area contributed by atoms with E-state index >= 15 is 0 Å². The van der Waals surface area contributed by atoms with Gasteiger partial charge in [0.2, 0.25) is 0 Å². The van der Waals surface area contributed by atoms with Gasteiger partial charge in [0.15, 0.2) is 0 Å². The number of halogens is 3. The van der Waals surface area contributed by atoms with E-state index in [0.29, 0.717) is 5.69 Å². The average Bonchev–Trinajstić information content (AvgIpc) is 2.37. The Bertz CT molecular complexity index is 531. The lowest BCUT2D eigenvalue weighted by molar-refractivity contribution is -0.137. The molecule has 1 heterocycles. The largest absolute Gasteiger partial charge is 0.417 e. The molecule has 1 aliphatic heterocycles. The number of nitrogens with zero attached hydrogens (tertiary/aromatic N) is 1. The molecule has 2 rings (SSSR count). The van der Waals surface area contributed by atoms with Crippen molar-refractivity contribution in [3.63, 3.8) is 0 Å². The van der Waals surface area contributed by atoms with Crippen molar-refractivity contribution in [2.24, 2.45) is 5.73 Å². The highest BCUT2D eigenvalue weighted by molar-refractivity contribution is 7.80. The first-order valence-electron chi connectivity index (χ1n) is 6.73. The topological polar surface area (TPSA) is 41.3 Å². The molecular formula is C14H18F3N3S. The second-order valence-corrected chi connectivity index (χ2v) is 5.81. The van der Waals surface area contributed by atoms with Crippen LogP contribution in [0.25, 0.3) is 0 Å². The van der Waals surface area contributed by atoms with E-state index in [-0.39, 0.29) is 16.6 Å². The van der Waals surface area contributed by atoms with E-state index in [1.54, 1.807) is 6.07 Å². The van der Waals surface area contributed by atoms with Gasteiger partial charge in [-0.1, -0.05) is 12.2 Å². The van der Waals surface area contributed by atoms with Gasteiger partial charge in [-0.25, -0.2) is 0 Å². The van der Waals surface area contributed by atoms with Crippen molar-refractivity contribution in [2.45, 2.75) is 25.1 Å². The molecule has 7 heteroatoms. The van der Waals surface area contributed by atoms with Crippen molar-refractivity contribution in [1.29, 1.82) is 0 Å². The van der Waals surface area contributed by atoms with Gasteiger partial charge in [-0.3, -0.25) is 0 Å². The van der Waals surface area contributed by atoms with Gasteiger partial charge in [0.25, 0.3) is 0 Å². The number of alkyl halides is 3. The Morgan fingerprint density at radius 3 is 2.71 bits per heavy atom. The lowest BCUT2D eigenvalue weighted by Crippen LogP contribution is -2.39. The zero-order chi connectivity index (χ0) is 15.6. The normalized spacial score (nSPS) is 20.3. The third-order valence-electron chi connectivity index (χ3n) is 3.59. The molecule has 1 saturated heterocycles. The van der Waals surface area contributed by atoms with Gasteiger partial charge >= 0.3 is 6.18 Å². The van der Waals surface area contributed by atoms with E-state index in [1.165, 1.54) is 6.07 Å². The number of hydrogen-bond acceptors (Lipinski definition) is 3. The molecule has 1 unspecified atom stereocenters. The molecule has 0 radical (unpaired) electrons. The summed E-state index contributed by atoms with van der Waals surface area (Å²) >= 11 is 4.69. The fourth-order valence-electron chi connectivity index (χ4n) is 2.60. The monoisotopic (exact) mass is 317 g/mol. The Hall–Kier alpha value is -1.34. The van der Waals surface area contributed by atoms with E-state index in [2.05, 4.69) is 22.4 Å². The minimum Gasteiger partial charge on any atom is -0.389 e. The summed E-state index contributed by atoms with van der Waals surface area (Å²) in [7, 11) is 2.00. The lowest BCUT2D eigenvalue weighted by Gasteiger charge is -2.31. The molecule has 3 N–H and O–H groups in total. The molecule has 0 spiro atoms. The van der Waals surface area contributed by atoms with Gasteiger partial charge in [-0.05, 0) is 44.6 Å². The Morgan fingerprint density at radius 2 is 2.14 bits per heavy atom. The van der Waals surface area contributed by atoms with Crippen LogP contribution in [0.15, 0.2) is 18.2 Å². The van der Waals surface area contributed by atoms with Gasteiger partial charge in [0, 0.05) is 23.8 Å². The summed E-state index contributed by atoms with van der Waals surface area (Å²) in [6.45, 7) is 1.84. The summed E-state index contributed by atoms with van der Waals surface area (Å²) in [5, 5.41) is 3.16. The van der Waals surface area contributed by atoms with Gasteiger partial charge in [0.05, 0.1) is 5.56 Å². The predicted octanol–water partition coefficient (Wildman–Crippen LogP) is 2.85. The SMILES string of the molecule is CN1CCCC(Nc2ccc(C(N)=S)c(C(F)(F)F)c2)C1. The van der Waals surface area contributed by atoms with E-state index in [4.69, 9.17) is 5.73 Å². The van der Waals surface area contributed by atoms with Crippen molar-refractivity contribution in [3.8, 4) is 0 Å². The van der Waals surface area contributed by atoms with Crippen LogP contribution in [-0.4, -0.2) is 36.1 Å². The third-order valence-corrected chi connectivity index (χ3v) is 3.81. The number of likely N-dealkylation sites (N-methyl/N-ethyl adjacent to an activating group) is 1. The van der Waals surface area contributed by atoms with Crippen molar-refractivity contribution in [2.75, 3.05) is 25.5 Å². The Labute approximate surface area is 127 Å². The van der Waals surface area contributed by atoms with Gasteiger partial charge in [0.1, 0.15) is 4.99 Å². The molecule has 1 aromatic carbocycles. The van der Waals surface area contributed by atoms with Gasteiger partial charge in [-0.2, -0.15) is 13.2 Å². The molecular weight excluding hydrogens is 299 g/mol. The second kappa shape index (κ2) is 6.19. The first kappa shape index (κ1) is 16.0. The van der Waals surface area contributed by atoms with Crippen molar-refractivity contribution < 1.29 is 13.2 Å². The molecule has 0 bridgehead atoms. The van der Waals surface area contributed by atoms with Crippen LogP contribution in [0.3, 0.4) is 0 Å². The maximum atomic E-state index is 13.1. The fourth-order valence-corrected chi connectivity index (χ4v) is 2.78. The average molecular weight is 317 g/mol. The summed E-state index contributed by atoms with van der Waals surface area (Å²) in [4.78, 5) is 1.92. The van der Waals surface area contributed by atoms with E-state index in [0.717, 1.165) is 32.0 Å². The maximum absolute atomic E-state index is 13.1. The number of rotatable bonds is 3. The zero-order valence-corrected chi connectivity index (χ0v) is 12.5. The molecule has 1 aliphatic rings. The number of piperidine rings is 1. The van der Waals surface area contributed by atoms with Crippen molar-refractivity contribution in [3.05, 3.63) is 29.3 Å². The number of hydrogen-bond donors (Lipinski definition) is 2. The van der Waals surface area contributed by atoms with E-state index in [9.17, 15) is 13.2 Å². The highest BCUT2D eigenvalue weighted by atomic mass is 32.1. The fraction of sp³-hybridized carbons (Fsp3) is 0.500. The molecule has 0 amide bonds. The highest BCUT2D eigenvalue weighted by Crippen LogP contribution is 2.34. The number of nitrogens with one attached hydrogen (secondary N) is 1. The predicted molar refractivity (Wildman–Crippen MR) is 81.5 cm³/mol. The molecule has 1 fully saturated rings. The summed E-state index contributed by atoms with van der Waals surface area (Å²) < 4.78 is 39.2. The van der Waals surface area contributed by atoms with Crippen LogP contribution in [0.5, 0.6) is 0 Å². The van der Waals surface area contributed by atoms with Crippen LogP contribution in [0.2, 0.25) is 0 Å². The van der Waals surface area contributed by atoms with Crippen LogP contribution in [0, 0.1) is 0 Å². The van der Waals surface area contributed by atoms with Crippen molar-refractivity contribution in [1.82, 2.24) is 4.90 Å². The molecule has 3 nitrogen and oxygen atoms in total. The van der Waals surface area contributed by atoms with Gasteiger partial charge < -0.3 is 16.0 Å². The van der Waals surface area contributed by atoms with E-state index in [1.807, 2.05) is 7.05 Å². The minimum atomic E-state index is -4.47. The quantitative estimate of drug-likeness (QED) is 0.841. The maximum Gasteiger partial charge on any atom is 0.417 e. The summed E-state index contributed by atoms with van der Waals surface area (Å²) in [6.07, 6.45) is -2.49. The molecule has 0 aliphatic carbocycles. The minimum absolute atomic E-state index is 0.135. The molecule has 1 aromatic rings. The van der Waals surface area contributed by atoms with Crippen LogP contribution in [0.1, 0.15) is 24.0 Å². The first-order valence-corrected chi connectivity index (χ1v) is 7.14. The Morgan fingerprint density at radius 1 is 1.43 bits per heavy atom. The molecule has 0 saturated carbocycles. The molecule has 21 heavy (non-hydrogen) atoms. The number of thiocarbonyl (C=S) groups is 1. The number of anilines is 1. The standard InChI is InChI=1S/C14H18F3N3S/c1-20-6-2-3-10(8-20)19-9-4-5-11(13(18)21)12(7-9)14(15,16)17/h4-5,7,10,19H,2-3,6,8H2,1H3,(H2,18,21). The van der Waals surface area contributed by atoms with Crippen molar-refractivity contribution >= 4 is 22.9 Å². The Kier molecular flexibility index (Phi) is 4.73. The van der Waals surface area contributed by atoms with Crippen LogP contribution in [-0.2, 0) is 6.18 Å². The van der Waals surface area contributed by atoms with Crippen LogP contribution < -0.4 is 11.1 Å². The third kappa shape index (κ3) is 4.07. The smallest absolute Gasteiger partial charge is 0.389 e. The number of likely N-dealkylation sites (tertiary alicyclic amines) is 1. The summed E-state index contributed by atoms with van der Waals surface area (Å²) in [5.74, 6) is 0. The van der Waals surface area contributed by atoms with Crippen LogP contribution >= 0.6 is 12.2 Å². The summed E-state index contributed by atoms with van der Waals surface area (Å²) in [6, 6.07) is 4.17. The number of nitrogens with two attached hydrogens (primary N) is 1. The molecule has 116 valence electrons. The highest BCUT2D eigenvalue weighted by Gasteiger charge is 2.34. The van der Waals surface area contributed by atoms with Crippen LogP contribution in [0.4, 0.5) is 18.9 Å². The second-order valence-electron chi connectivity index (χ2n) is 5.37. The first-order chi connectivity index (χ1) is 9.77. The molecule has 1 atom stereocenters. The Balaban J connectivity index is 2.23. The van der Waals surface area contributed by atoms with Gasteiger partial charge in [-0.15, -0.1) is 0 Å². The lowest BCUT2D eigenvalue weighted by atomic mass is 10.0. The zero-order valence-electron chi connectivity index (χ0n) is 11.7. The van der Waals surface area contributed by atoms with E-state index < -0.39 is 11.7 Å². The summed E-state index contributed by atoms with van der Waals surface area (Å²) in [5.41, 5.74) is 4.89. The molecule has 0 aromatic heterocycles.